The Morgan fingerprint density at radius 2 is 1.88 bits per heavy atom. The molecule has 0 spiro atoms. The summed E-state index contributed by atoms with van der Waals surface area (Å²) in [5, 5.41) is 6.02. The van der Waals surface area contributed by atoms with Crippen molar-refractivity contribution >= 4 is 5.91 Å². The van der Waals surface area contributed by atoms with Gasteiger partial charge in [-0.15, -0.1) is 0 Å². The van der Waals surface area contributed by atoms with Crippen LogP contribution in [0, 0.1) is 0 Å². The third-order valence-corrected chi connectivity index (χ3v) is 2.95. The second-order valence-corrected chi connectivity index (χ2v) is 4.94. The van der Waals surface area contributed by atoms with Gasteiger partial charge in [0.2, 0.25) is 5.91 Å². The summed E-state index contributed by atoms with van der Waals surface area (Å²) < 4.78 is 0. The van der Waals surface area contributed by atoms with Crippen molar-refractivity contribution in [3.05, 3.63) is 35.9 Å². The lowest BCUT2D eigenvalue weighted by Gasteiger charge is -2.25. The average molecular weight is 234 g/mol. The Morgan fingerprint density at radius 1 is 1.29 bits per heavy atom. The second-order valence-electron chi connectivity index (χ2n) is 4.94. The van der Waals surface area contributed by atoms with Gasteiger partial charge in [-0.3, -0.25) is 4.79 Å². The Bertz CT molecular complexity index is 360. The van der Waals surface area contributed by atoms with Crippen LogP contribution in [0.5, 0.6) is 0 Å². The Hall–Kier alpha value is -1.35. The van der Waals surface area contributed by atoms with Gasteiger partial charge in [-0.2, -0.15) is 0 Å². The Balaban J connectivity index is 2.51. The number of carbonyl (C=O) groups is 1. The summed E-state index contributed by atoms with van der Waals surface area (Å²) in [5.74, 6) is 0.0310. The molecule has 1 rings (SSSR count). The van der Waals surface area contributed by atoms with Crippen molar-refractivity contribution in [2.45, 2.75) is 38.8 Å². The highest BCUT2D eigenvalue weighted by molar-refractivity contribution is 5.85. The molecule has 0 aromatic heterocycles. The first-order chi connectivity index (χ1) is 7.95. The average Bonchev–Trinajstić information content (AvgIpc) is 2.30. The molecule has 1 unspecified atom stereocenters. The van der Waals surface area contributed by atoms with E-state index in [-0.39, 0.29) is 11.9 Å². The summed E-state index contributed by atoms with van der Waals surface area (Å²) >= 11 is 0. The van der Waals surface area contributed by atoms with Crippen LogP contribution in [-0.2, 0) is 11.2 Å². The molecule has 0 saturated carbocycles. The third-order valence-electron chi connectivity index (χ3n) is 2.95. The van der Waals surface area contributed by atoms with Crippen molar-refractivity contribution in [2.24, 2.45) is 0 Å². The maximum Gasteiger partial charge on any atom is 0.239 e. The first-order valence-electron chi connectivity index (χ1n) is 5.99. The molecule has 0 aliphatic rings. The van der Waals surface area contributed by atoms with Crippen molar-refractivity contribution in [2.75, 3.05) is 7.05 Å². The fraction of sp³-hybridized carbons (Fsp3) is 0.500. The highest BCUT2D eigenvalue weighted by atomic mass is 16.2. The maximum absolute atomic E-state index is 11.9. The van der Waals surface area contributed by atoms with Gasteiger partial charge in [-0.25, -0.2) is 0 Å². The van der Waals surface area contributed by atoms with Crippen molar-refractivity contribution in [3.8, 4) is 0 Å². The Morgan fingerprint density at radius 3 is 2.41 bits per heavy atom. The predicted molar refractivity (Wildman–Crippen MR) is 70.9 cm³/mol. The SMILES string of the molecule is CNC(C)(C)C(=O)NC(C)Cc1ccccc1. The second kappa shape index (κ2) is 5.82. The number of carbonyl (C=O) groups excluding carboxylic acids is 1. The van der Waals surface area contributed by atoms with Crippen LogP contribution in [0.3, 0.4) is 0 Å². The zero-order valence-corrected chi connectivity index (χ0v) is 11.1. The molecule has 1 atom stereocenters. The lowest BCUT2D eigenvalue weighted by atomic mass is 10.0. The van der Waals surface area contributed by atoms with Gasteiger partial charge in [0.15, 0.2) is 0 Å². The monoisotopic (exact) mass is 234 g/mol. The Labute approximate surface area is 104 Å². The molecule has 3 heteroatoms. The molecular weight excluding hydrogens is 212 g/mol. The van der Waals surface area contributed by atoms with Gasteiger partial charge >= 0.3 is 0 Å². The Kier molecular flexibility index (Phi) is 4.70. The summed E-state index contributed by atoms with van der Waals surface area (Å²) in [6, 6.07) is 10.3. The van der Waals surface area contributed by atoms with E-state index in [1.165, 1.54) is 5.56 Å². The van der Waals surface area contributed by atoms with Gasteiger partial charge in [0, 0.05) is 6.04 Å². The summed E-state index contributed by atoms with van der Waals surface area (Å²) in [4.78, 5) is 11.9. The smallest absolute Gasteiger partial charge is 0.239 e. The molecule has 1 amide bonds. The van der Waals surface area contributed by atoms with Gasteiger partial charge in [-0.05, 0) is 39.8 Å². The van der Waals surface area contributed by atoms with E-state index in [4.69, 9.17) is 0 Å². The predicted octanol–water partition coefficient (Wildman–Crippen LogP) is 1.73. The molecule has 1 aromatic rings. The van der Waals surface area contributed by atoms with Crippen molar-refractivity contribution in [1.82, 2.24) is 10.6 Å². The molecule has 3 nitrogen and oxygen atoms in total. The summed E-state index contributed by atoms with van der Waals surface area (Å²) in [6.07, 6.45) is 0.854. The van der Waals surface area contributed by atoms with Gasteiger partial charge in [0.25, 0.3) is 0 Å². The molecule has 17 heavy (non-hydrogen) atoms. The fourth-order valence-electron chi connectivity index (χ4n) is 1.54. The van der Waals surface area contributed by atoms with Crippen LogP contribution in [0.15, 0.2) is 30.3 Å². The van der Waals surface area contributed by atoms with Gasteiger partial charge in [0.1, 0.15) is 0 Å². The van der Waals surface area contributed by atoms with Crippen LogP contribution in [0.4, 0.5) is 0 Å². The number of amides is 1. The molecule has 0 aliphatic heterocycles. The highest BCUT2D eigenvalue weighted by Gasteiger charge is 2.25. The molecule has 0 aliphatic carbocycles. The lowest BCUT2D eigenvalue weighted by molar-refractivity contribution is -0.126. The minimum atomic E-state index is -0.523. The topological polar surface area (TPSA) is 41.1 Å². The summed E-state index contributed by atoms with van der Waals surface area (Å²) in [6.45, 7) is 5.77. The van der Waals surface area contributed by atoms with Crippen molar-refractivity contribution in [3.63, 3.8) is 0 Å². The number of likely N-dealkylation sites (N-methyl/N-ethyl adjacent to an activating group) is 1. The summed E-state index contributed by atoms with van der Waals surface area (Å²) in [5.41, 5.74) is 0.716. The standard InChI is InChI=1S/C14H22N2O/c1-11(10-12-8-6-5-7-9-12)16-13(17)14(2,3)15-4/h5-9,11,15H,10H2,1-4H3,(H,16,17). The zero-order valence-electron chi connectivity index (χ0n) is 11.1. The van der Waals surface area contributed by atoms with E-state index in [0.29, 0.717) is 0 Å². The van der Waals surface area contributed by atoms with E-state index < -0.39 is 5.54 Å². The largest absolute Gasteiger partial charge is 0.352 e. The van der Waals surface area contributed by atoms with Gasteiger partial charge < -0.3 is 10.6 Å². The molecule has 0 saturated heterocycles. The van der Waals surface area contributed by atoms with Gasteiger partial charge in [-0.1, -0.05) is 30.3 Å². The van der Waals surface area contributed by atoms with E-state index in [1.807, 2.05) is 39.0 Å². The van der Waals surface area contributed by atoms with Crippen molar-refractivity contribution in [1.29, 1.82) is 0 Å². The van der Waals surface area contributed by atoms with Crippen LogP contribution >= 0.6 is 0 Å². The van der Waals surface area contributed by atoms with Crippen LogP contribution in [0.25, 0.3) is 0 Å². The number of rotatable bonds is 5. The number of nitrogens with one attached hydrogen (secondary N) is 2. The van der Waals surface area contributed by atoms with Crippen LogP contribution in [-0.4, -0.2) is 24.5 Å². The number of hydrogen-bond acceptors (Lipinski definition) is 2. The highest BCUT2D eigenvalue weighted by Crippen LogP contribution is 2.05. The first kappa shape index (κ1) is 13.7. The molecule has 2 N–H and O–H groups in total. The first-order valence-corrected chi connectivity index (χ1v) is 5.99. The molecule has 94 valence electrons. The molecule has 0 fully saturated rings. The molecule has 0 heterocycles. The quantitative estimate of drug-likeness (QED) is 0.814. The van der Waals surface area contributed by atoms with E-state index in [0.717, 1.165) is 6.42 Å². The third kappa shape index (κ3) is 4.19. The molecule has 1 aromatic carbocycles. The van der Waals surface area contributed by atoms with Crippen molar-refractivity contribution < 1.29 is 4.79 Å². The molecule has 0 radical (unpaired) electrons. The lowest BCUT2D eigenvalue weighted by Crippen LogP contribution is -2.53. The molecular formula is C14H22N2O. The normalized spacial score (nSPS) is 13.2. The van der Waals surface area contributed by atoms with E-state index in [2.05, 4.69) is 22.8 Å². The van der Waals surface area contributed by atoms with E-state index >= 15 is 0 Å². The van der Waals surface area contributed by atoms with Crippen LogP contribution < -0.4 is 10.6 Å². The minimum Gasteiger partial charge on any atom is -0.352 e. The van der Waals surface area contributed by atoms with E-state index in [1.54, 1.807) is 7.05 Å². The fourth-order valence-corrected chi connectivity index (χ4v) is 1.54. The maximum atomic E-state index is 11.9. The van der Waals surface area contributed by atoms with E-state index in [9.17, 15) is 4.79 Å². The summed E-state index contributed by atoms with van der Waals surface area (Å²) in [7, 11) is 1.79. The zero-order chi connectivity index (χ0) is 12.9. The number of hydrogen-bond donors (Lipinski definition) is 2. The minimum absolute atomic E-state index is 0.0310. The van der Waals surface area contributed by atoms with Crippen LogP contribution in [0.2, 0.25) is 0 Å². The van der Waals surface area contributed by atoms with Gasteiger partial charge in [0.05, 0.1) is 5.54 Å². The molecule has 0 bridgehead atoms. The number of benzene rings is 1. The van der Waals surface area contributed by atoms with Crippen LogP contribution in [0.1, 0.15) is 26.3 Å².